The fraction of sp³-hybridized carbons (Fsp3) is 0.933. The molecule has 0 bridgehead atoms. The highest BCUT2D eigenvalue weighted by atomic mass is 16.3. The molecule has 2 saturated carbocycles. The van der Waals surface area contributed by atoms with E-state index >= 15 is 0 Å². The Bertz CT molecular complexity index is 752. The SMILES string of the molecule is CC(C)C(N)CCC(C)C1CC[C@@]2(C)C3=C(CCC12C)C1(C)CC[C@H](O)C(C)(C)C1CC3. The molecule has 0 aromatic carbocycles. The van der Waals surface area contributed by atoms with E-state index in [2.05, 4.69) is 55.4 Å². The number of aliphatic hydroxyl groups excluding tert-OH is 1. The zero-order chi connectivity index (χ0) is 23.7. The maximum atomic E-state index is 10.8. The molecule has 32 heavy (non-hydrogen) atoms. The second kappa shape index (κ2) is 8.11. The van der Waals surface area contributed by atoms with Crippen molar-refractivity contribution in [2.75, 3.05) is 0 Å². The minimum atomic E-state index is -0.138. The van der Waals surface area contributed by atoms with Gasteiger partial charge < -0.3 is 10.8 Å². The van der Waals surface area contributed by atoms with Crippen LogP contribution < -0.4 is 5.73 Å². The van der Waals surface area contributed by atoms with Crippen molar-refractivity contribution in [3.63, 3.8) is 0 Å². The van der Waals surface area contributed by atoms with Crippen LogP contribution in [0.25, 0.3) is 0 Å². The third-order valence-electron chi connectivity index (χ3n) is 12.3. The molecule has 0 aliphatic heterocycles. The topological polar surface area (TPSA) is 46.2 Å². The van der Waals surface area contributed by atoms with Gasteiger partial charge in [-0.1, -0.05) is 66.5 Å². The molecular formula is C30H53NO. The fourth-order valence-electron chi connectivity index (χ4n) is 9.62. The molecule has 0 aromatic heterocycles. The molecule has 3 N–H and O–H groups in total. The molecule has 0 saturated heterocycles. The fourth-order valence-corrected chi connectivity index (χ4v) is 9.62. The number of hydrogen-bond donors (Lipinski definition) is 2. The third kappa shape index (κ3) is 3.40. The molecule has 0 aromatic rings. The summed E-state index contributed by atoms with van der Waals surface area (Å²) < 4.78 is 0. The summed E-state index contributed by atoms with van der Waals surface area (Å²) in [5, 5.41) is 10.8. The molecule has 2 fully saturated rings. The molecule has 184 valence electrons. The molecule has 2 heteroatoms. The van der Waals surface area contributed by atoms with Gasteiger partial charge in [-0.3, -0.25) is 0 Å². The Morgan fingerprint density at radius 3 is 2.22 bits per heavy atom. The summed E-state index contributed by atoms with van der Waals surface area (Å²) in [5.74, 6) is 2.81. The minimum absolute atomic E-state index is 0.0368. The molecular weight excluding hydrogens is 390 g/mol. The summed E-state index contributed by atoms with van der Waals surface area (Å²) in [6.45, 7) is 19.6. The van der Waals surface area contributed by atoms with Crippen molar-refractivity contribution < 1.29 is 5.11 Å². The van der Waals surface area contributed by atoms with E-state index < -0.39 is 0 Å². The summed E-state index contributed by atoms with van der Waals surface area (Å²) in [6, 6.07) is 0.346. The molecule has 4 aliphatic carbocycles. The van der Waals surface area contributed by atoms with Crippen LogP contribution in [0.4, 0.5) is 0 Å². The quantitative estimate of drug-likeness (QED) is 0.432. The van der Waals surface area contributed by atoms with Gasteiger partial charge in [-0.25, -0.2) is 0 Å². The summed E-state index contributed by atoms with van der Waals surface area (Å²) in [6.07, 6.45) is 12.5. The summed E-state index contributed by atoms with van der Waals surface area (Å²) in [5.41, 5.74) is 11.3. The largest absolute Gasteiger partial charge is 0.393 e. The Hall–Kier alpha value is -0.340. The van der Waals surface area contributed by atoms with Gasteiger partial charge in [0.1, 0.15) is 0 Å². The van der Waals surface area contributed by atoms with E-state index in [1.165, 1.54) is 57.8 Å². The van der Waals surface area contributed by atoms with E-state index in [-0.39, 0.29) is 11.5 Å². The van der Waals surface area contributed by atoms with Crippen LogP contribution in [-0.4, -0.2) is 17.3 Å². The first-order valence-corrected chi connectivity index (χ1v) is 14.0. The van der Waals surface area contributed by atoms with Crippen molar-refractivity contribution in [1.29, 1.82) is 0 Å². The monoisotopic (exact) mass is 443 g/mol. The molecule has 6 unspecified atom stereocenters. The predicted molar refractivity (Wildman–Crippen MR) is 136 cm³/mol. The summed E-state index contributed by atoms with van der Waals surface area (Å²) in [7, 11) is 0. The van der Waals surface area contributed by atoms with Gasteiger partial charge in [-0.2, -0.15) is 0 Å². The molecule has 0 spiro atoms. The Kier molecular flexibility index (Phi) is 6.28. The van der Waals surface area contributed by atoms with Crippen molar-refractivity contribution in [3.8, 4) is 0 Å². The van der Waals surface area contributed by atoms with E-state index in [4.69, 9.17) is 5.73 Å². The molecule has 8 atom stereocenters. The number of allylic oxidation sites excluding steroid dienone is 2. The van der Waals surface area contributed by atoms with Gasteiger partial charge in [0.25, 0.3) is 0 Å². The number of hydrogen-bond acceptors (Lipinski definition) is 2. The molecule has 0 heterocycles. The summed E-state index contributed by atoms with van der Waals surface area (Å²) >= 11 is 0. The van der Waals surface area contributed by atoms with Crippen LogP contribution in [0.5, 0.6) is 0 Å². The number of fused-ring (bicyclic) bond motifs is 4. The van der Waals surface area contributed by atoms with Gasteiger partial charge in [-0.15, -0.1) is 0 Å². The van der Waals surface area contributed by atoms with Crippen molar-refractivity contribution in [1.82, 2.24) is 0 Å². The van der Waals surface area contributed by atoms with Crippen LogP contribution in [0.1, 0.15) is 120 Å². The molecule has 0 amide bonds. The highest BCUT2D eigenvalue weighted by Crippen LogP contribution is 2.72. The molecule has 2 nitrogen and oxygen atoms in total. The zero-order valence-corrected chi connectivity index (χ0v) is 22.6. The predicted octanol–water partition coefficient (Wildman–Crippen LogP) is 7.50. The molecule has 4 rings (SSSR count). The van der Waals surface area contributed by atoms with E-state index in [1.54, 1.807) is 0 Å². The number of nitrogens with two attached hydrogens (primary N) is 1. The van der Waals surface area contributed by atoms with E-state index in [0.717, 1.165) is 18.3 Å². The van der Waals surface area contributed by atoms with Crippen molar-refractivity contribution in [3.05, 3.63) is 11.1 Å². The first-order valence-electron chi connectivity index (χ1n) is 14.0. The highest BCUT2D eigenvalue weighted by molar-refractivity contribution is 5.38. The Balaban J connectivity index is 1.62. The number of rotatable bonds is 5. The van der Waals surface area contributed by atoms with Crippen LogP contribution in [0.3, 0.4) is 0 Å². The Labute approximate surface area is 199 Å². The van der Waals surface area contributed by atoms with Crippen LogP contribution in [-0.2, 0) is 0 Å². The van der Waals surface area contributed by atoms with Gasteiger partial charge in [-0.05, 0) is 110 Å². The second-order valence-corrected chi connectivity index (χ2v) is 14.2. The first-order chi connectivity index (χ1) is 14.8. The maximum Gasteiger partial charge on any atom is 0.0594 e. The number of aliphatic hydroxyl groups is 1. The standard InChI is InChI=1S/C30H53NO/c1-19(2)24(31)11-9-20(3)21-13-17-30(8)23-10-12-25-27(4,5)26(32)15-16-28(25,6)22(23)14-18-29(21,30)7/h19-21,24-26,32H,9-18,31H2,1-8H3/t20?,21?,24?,25?,26-,28?,29?,30-/m0/s1. The van der Waals surface area contributed by atoms with Gasteiger partial charge in [0.2, 0.25) is 0 Å². The lowest BCUT2D eigenvalue weighted by Crippen LogP contribution is -2.55. The Morgan fingerprint density at radius 1 is 0.875 bits per heavy atom. The third-order valence-corrected chi connectivity index (χ3v) is 12.3. The van der Waals surface area contributed by atoms with Crippen molar-refractivity contribution in [2.45, 2.75) is 132 Å². The average Bonchev–Trinajstić information content (AvgIpc) is 3.00. The van der Waals surface area contributed by atoms with Gasteiger partial charge >= 0.3 is 0 Å². The lowest BCUT2D eigenvalue weighted by Gasteiger charge is -2.62. The van der Waals surface area contributed by atoms with Crippen LogP contribution in [0.15, 0.2) is 11.1 Å². The van der Waals surface area contributed by atoms with Crippen molar-refractivity contribution in [2.24, 2.45) is 51.1 Å². The lowest BCUT2D eigenvalue weighted by molar-refractivity contribution is -0.0962. The van der Waals surface area contributed by atoms with E-state index in [9.17, 15) is 5.11 Å². The van der Waals surface area contributed by atoms with Gasteiger partial charge in [0.05, 0.1) is 6.10 Å². The Morgan fingerprint density at radius 2 is 1.56 bits per heavy atom. The van der Waals surface area contributed by atoms with Crippen LogP contribution in [0.2, 0.25) is 0 Å². The maximum absolute atomic E-state index is 10.8. The second-order valence-electron chi connectivity index (χ2n) is 14.2. The van der Waals surface area contributed by atoms with E-state index in [1.807, 2.05) is 11.1 Å². The normalized spacial score (nSPS) is 45.3. The smallest absolute Gasteiger partial charge is 0.0594 e. The van der Waals surface area contributed by atoms with E-state index in [0.29, 0.717) is 34.1 Å². The lowest BCUT2D eigenvalue weighted by atomic mass is 9.43. The van der Waals surface area contributed by atoms with Crippen LogP contribution >= 0.6 is 0 Å². The van der Waals surface area contributed by atoms with Gasteiger partial charge in [0, 0.05) is 6.04 Å². The van der Waals surface area contributed by atoms with Crippen LogP contribution in [0, 0.1) is 45.3 Å². The van der Waals surface area contributed by atoms with Gasteiger partial charge in [0.15, 0.2) is 0 Å². The molecule has 4 aliphatic rings. The average molecular weight is 444 g/mol. The minimum Gasteiger partial charge on any atom is -0.393 e. The first kappa shape index (κ1) is 24.8. The zero-order valence-electron chi connectivity index (χ0n) is 22.6. The molecule has 0 radical (unpaired) electrons. The van der Waals surface area contributed by atoms with Crippen molar-refractivity contribution >= 4 is 0 Å². The highest BCUT2D eigenvalue weighted by Gasteiger charge is 2.63. The summed E-state index contributed by atoms with van der Waals surface area (Å²) in [4.78, 5) is 0.